The lowest BCUT2D eigenvalue weighted by atomic mass is 10.1. The molecular weight excluding hydrogens is 150 g/mol. The number of hydrogen-bond acceptors (Lipinski definition) is 3. The highest BCUT2D eigenvalue weighted by Crippen LogP contribution is 2.10. The van der Waals surface area contributed by atoms with Gasteiger partial charge in [0.15, 0.2) is 0 Å². The van der Waals surface area contributed by atoms with Gasteiger partial charge in [0.05, 0.1) is 0 Å². The van der Waals surface area contributed by atoms with E-state index in [-0.39, 0.29) is 0 Å². The van der Waals surface area contributed by atoms with Crippen LogP contribution in [-0.4, -0.2) is 49.9 Å². The second kappa shape index (κ2) is 4.01. The van der Waals surface area contributed by atoms with Gasteiger partial charge < -0.3 is 5.32 Å². The summed E-state index contributed by atoms with van der Waals surface area (Å²) in [5, 5.41) is 3.37. The van der Waals surface area contributed by atoms with Crippen molar-refractivity contribution in [3.63, 3.8) is 0 Å². The van der Waals surface area contributed by atoms with Crippen LogP contribution in [0.15, 0.2) is 4.99 Å². The van der Waals surface area contributed by atoms with Crippen LogP contribution < -0.4 is 5.32 Å². The molecule has 0 bridgehead atoms. The summed E-state index contributed by atoms with van der Waals surface area (Å²) in [6.45, 7) is 5.71. The summed E-state index contributed by atoms with van der Waals surface area (Å²) >= 11 is 0. The van der Waals surface area contributed by atoms with E-state index in [2.05, 4.69) is 21.4 Å². The van der Waals surface area contributed by atoms with Gasteiger partial charge in [0.25, 0.3) is 0 Å². The van der Waals surface area contributed by atoms with Gasteiger partial charge in [-0.05, 0) is 12.8 Å². The normalized spacial score (nSPS) is 32.2. The van der Waals surface area contributed by atoms with Crippen LogP contribution >= 0.6 is 0 Å². The van der Waals surface area contributed by atoms with E-state index in [0.717, 1.165) is 19.6 Å². The number of nitrogens with zero attached hydrogens (tertiary/aromatic N) is 2. The minimum absolute atomic E-state index is 0.640. The molecule has 0 spiro atoms. The standard InChI is InChI=1S/C9H17N3/c1-2-9(8-11-3-1)12-6-4-10-5-7-12/h8-10H,1-7H2. The SMILES string of the molecule is C1=NCCCC1N1CCNCC1. The second-order valence-corrected chi connectivity index (χ2v) is 3.55. The molecule has 0 aromatic rings. The Balaban J connectivity index is 1.88. The fourth-order valence-electron chi connectivity index (χ4n) is 1.95. The summed E-state index contributed by atoms with van der Waals surface area (Å²) in [6.07, 6.45) is 4.73. The van der Waals surface area contributed by atoms with Crippen molar-refractivity contribution in [3.05, 3.63) is 0 Å². The van der Waals surface area contributed by atoms with Gasteiger partial charge in [0, 0.05) is 45.0 Å². The van der Waals surface area contributed by atoms with E-state index in [0.29, 0.717) is 6.04 Å². The van der Waals surface area contributed by atoms with Gasteiger partial charge in [-0.2, -0.15) is 0 Å². The van der Waals surface area contributed by atoms with Crippen LogP contribution in [-0.2, 0) is 0 Å². The molecule has 12 heavy (non-hydrogen) atoms. The molecule has 0 aliphatic carbocycles. The minimum atomic E-state index is 0.640. The predicted molar refractivity (Wildman–Crippen MR) is 50.8 cm³/mol. The fourth-order valence-corrected chi connectivity index (χ4v) is 1.95. The average molecular weight is 167 g/mol. The van der Waals surface area contributed by atoms with Crippen molar-refractivity contribution in [2.75, 3.05) is 32.7 Å². The summed E-state index contributed by atoms with van der Waals surface area (Å²) < 4.78 is 0. The number of hydrogen-bond donors (Lipinski definition) is 1. The van der Waals surface area contributed by atoms with E-state index in [9.17, 15) is 0 Å². The first kappa shape index (κ1) is 8.20. The highest BCUT2D eigenvalue weighted by Gasteiger charge is 2.19. The number of piperazine rings is 1. The number of rotatable bonds is 1. The van der Waals surface area contributed by atoms with E-state index < -0.39 is 0 Å². The van der Waals surface area contributed by atoms with Crippen LogP contribution in [0.5, 0.6) is 0 Å². The van der Waals surface area contributed by atoms with E-state index in [1.54, 1.807) is 0 Å². The zero-order valence-electron chi connectivity index (χ0n) is 7.50. The molecule has 2 aliphatic rings. The van der Waals surface area contributed by atoms with Gasteiger partial charge in [0.1, 0.15) is 0 Å². The Labute approximate surface area is 73.9 Å². The first-order valence-corrected chi connectivity index (χ1v) is 4.91. The van der Waals surface area contributed by atoms with E-state index in [1.807, 2.05) is 0 Å². The fraction of sp³-hybridized carbons (Fsp3) is 0.889. The molecule has 68 valence electrons. The number of nitrogens with one attached hydrogen (secondary N) is 1. The van der Waals surface area contributed by atoms with Crippen LogP contribution in [0.4, 0.5) is 0 Å². The lowest BCUT2D eigenvalue weighted by Gasteiger charge is -2.33. The van der Waals surface area contributed by atoms with E-state index >= 15 is 0 Å². The Kier molecular flexibility index (Phi) is 2.74. The highest BCUT2D eigenvalue weighted by atomic mass is 15.2. The molecule has 0 saturated carbocycles. The maximum Gasteiger partial charge on any atom is 0.0448 e. The monoisotopic (exact) mass is 167 g/mol. The first-order valence-electron chi connectivity index (χ1n) is 4.91. The van der Waals surface area contributed by atoms with Gasteiger partial charge in [0.2, 0.25) is 0 Å². The Bertz CT molecular complexity index is 161. The highest BCUT2D eigenvalue weighted by molar-refractivity contribution is 5.65. The zero-order valence-corrected chi connectivity index (χ0v) is 7.50. The summed E-state index contributed by atoms with van der Waals surface area (Å²) in [7, 11) is 0. The Morgan fingerprint density at radius 3 is 2.83 bits per heavy atom. The molecule has 0 radical (unpaired) electrons. The van der Waals surface area contributed by atoms with Gasteiger partial charge >= 0.3 is 0 Å². The first-order chi connectivity index (χ1) is 5.97. The largest absolute Gasteiger partial charge is 0.314 e. The quantitative estimate of drug-likeness (QED) is 0.601. The van der Waals surface area contributed by atoms with Gasteiger partial charge in [-0.25, -0.2) is 0 Å². The smallest absolute Gasteiger partial charge is 0.0448 e. The molecule has 1 saturated heterocycles. The summed E-state index contributed by atoms with van der Waals surface area (Å²) in [5.74, 6) is 0. The predicted octanol–water partition coefficient (Wildman–Crippen LogP) is 0.125. The second-order valence-electron chi connectivity index (χ2n) is 3.55. The molecule has 2 rings (SSSR count). The third-order valence-electron chi connectivity index (χ3n) is 2.69. The molecule has 2 aliphatic heterocycles. The molecule has 1 unspecified atom stereocenters. The lowest BCUT2D eigenvalue weighted by Crippen LogP contribution is -2.49. The van der Waals surface area contributed by atoms with E-state index in [1.165, 1.54) is 25.9 Å². The van der Waals surface area contributed by atoms with Gasteiger partial charge in [-0.3, -0.25) is 9.89 Å². The van der Waals surface area contributed by atoms with Crippen molar-refractivity contribution >= 4 is 6.21 Å². The maximum atomic E-state index is 4.35. The van der Waals surface area contributed by atoms with Crippen LogP contribution in [0.1, 0.15) is 12.8 Å². The number of aliphatic imine (C=N–C) groups is 1. The molecule has 1 atom stereocenters. The zero-order chi connectivity index (χ0) is 8.23. The van der Waals surface area contributed by atoms with E-state index in [4.69, 9.17) is 0 Å². The van der Waals surface area contributed by atoms with Crippen molar-refractivity contribution < 1.29 is 0 Å². The van der Waals surface area contributed by atoms with Crippen molar-refractivity contribution in [3.8, 4) is 0 Å². The Morgan fingerprint density at radius 2 is 2.17 bits per heavy atom. The third-order valence-corrected chi connectivity index (χ3v) is 2.69. The Morgan fingerprint density at radius 1 is 1.33 bits per heavy atom. The molecule has 3 heteroatoms. The van der Waals surface area contributed by atoms with Crippen molar-refractivity contribution in [1.82, 2.24) is 10.2 Å². The molecule has 1 fully saturated rings. The lowest BCUT2D eigenvalue weighted by molar-refractivity contribution is 0.204. The Hall–Kier alpha value is -0.410. The van der Waals surface area contributed by atoms with Crippen molar-refractivity contribution in [2.45, 2.75) is 18.9 Å². The summed E-state index contributed by atoms with van der Waals surface area (Å²) in [4.78, 5) is 6.89. The molecule has 2 heterocycles. The van der Waals surface area contributed by atoms with Gasteiger partial charge in [-0.1, -0.05) is 0 Å². The van der Waals surface area contributed by atoms with Crippen LogP contribution in [0.2, 0.25) is 0 Å². The third kappa shape index (κ3) is 1.84. The topological polar surface area (TPSA) is 27.6 Å². The summed E-state index contributed by atoms with van der Waals surface area (Å²) in [6, 6.07) is 0.640. The summed E-state index contributed by atoms with van der Waals surface area (Å²) in [5.41, 5.74) is 0. The van der Waals surface area contributed by atoms with Crippen molar-refractivity contribution in [2.24, 2.45) is 4.99 Å². The molecule has 0 amide bonds. The minimum Gasteiger partial charge on any atom is -0.314 e. The molecule has 1 N–H and O–H groups in total. The van der Waals surface area contributed by atoms with Gasteiger partial charge in [-0.15, -0.1) is 0 Å². The van der Waals surface area contributed by atoms with Crippen LogP contribution in [0.3, 0.4) is 0 Å². The van der Waals surface area contributed by atoms with Crippen LogP contribution in [0.25, 0.3) is 0 Å². The molecular formula is C9H17N3. The molecule has 0 aromatic carbocycles. The van der Waals surface area contributed by atoms with Crippen molar-refractivity contribution in [1.29, 1.82) is 0 Å². The average Bonchev–Trinajstić information content (AvgIpc) is 2.21. The molecule has 3 nitrogen and oxygen atoms in total. The van der Waals surface area contributed by atoms with Crippen LogP contribution in [0, 0.1) is 0 Å². The maximum absolute atomic E-state index is 4.35. The molecule has 0 aromatic heterocycles.